The summed E-state index contributed by atoms with van der Waals surface area (Å²) in [6.07, 6.45) is 1.50. The average Bonchev–Trinajstić information content (AvgIpc) is 2.13. The van der Waals surface area contributed by atoms with Crippen molar-refractivity contribution in [2.45, 2.75) is 6.92 Å². The van der Waals surface area contributed by atoms with Crippen LogP contribution in [0.4, 0.5) is 0 Å². The minimum Gasteiger partial charge on any atom is -0.414 e. The second kappa shape index (κ2) is 3.12. The number of halogens is 1. The summed E-state index contributed by atoms with van der Waals surface area (Å²) in [5.41, 5.74) is 0. The van der Waals surface area contributed by atoms with Crippen molar-refractivity contribution in [1.29, 1.82) is 0 Å². The quantitative estimate of drug-likeness (QED) is 0.680. The second-order valence-electron chi connectivity index (χ2n) is 1.53. The number of carbonyl (C=O) groups excluding carboxylic acids is 1. The highest BCUT2D eigenvalue weighted by atomic mass is 79.9. The molecule has 0 N–H and O–H groups in total. The lowest BCUT2D eigenvalue weighted by Crippen LogP contribution is -1.98. The van der Waals surface area contributed by atoms with Gasteiger partial charge in [0.05, 0.1) is 6.20 Å². The Labute approximate surface area is 70.2 Å². The first-order valence-electron chi connectivity index (χ1n) is 2.48. The fourth-order valence-electron chi connectivity index (χ4n) is 0.428. The van der Waals surface area contributed by atoms with E-state index in [1.807, 2.05) is 0 Å². The third-order valence-corrected chi connectivity index (χ3v) is 2.05. The highest BCUT2D eigenvalue weighted by Crippen LogP contribution is 2.25. The molecular weight excluding hydrogens is 218 g/mol. The van der Waals surface area contributed by atoms with E-state index in [0.29, 0.717) is 8.98 Å². The Morgan fingerprint density at radius 3 is 3.00 bits per heavy atom. The van der Waals surface area contributed by atoms with Crippen LogP contribution < -0.4 is 4.74 Å². The average molecular weight is 222 g/mol. The lowest BCUT2D eigenvalue weighted by Gasteiger charge is -1.90. The Kier molecular flexibility index (Phi) is 2.39. The smallest absolute Gasteiger partial charge is 0.308 e. The first-order valence-corrected chi connectivity index (χ1v) is 4.09. The molecule has 1 heterocycles. The number of rotatable bonds is 1. The Morgan fingerprint density at radius 2 is 2.60 bits per heavy atom. The Morgan fingerprint density at radius 1 is 1.90 bits per heavy atom. The van der Waals surface area contributed by atoms with Crippen LogP contribution in [0.1, 0.15) is 6.92 Å². The van der Waals surface area contributed by atoms with Crippen LogP contribution >= 0.6 is 27.3 Å². The normalized spacial score (nSPS) is 9.40. The van der Waals surface area contributed by atoms with E-state index >= 15 is 0 Å². The monoisotopic (exact) mass is 221 g/mol. The van der Waals surface area contributed by atoms with Crippen LogP contribution in [0.5, 0.6) is 5.06 Å². The number of carbonyl (C=O) groups is 1. The molecule has 3 nitrogen and oxygen atoms in total. The van der Waals surface area contributed by atoms with Gasteiger partial charge in [-0.05, 0) is 15.9 Å². The lowest BCUT2D eigenvalue weighted by atomic mass is 10.8. The number of hydrogen-bond donors (Lipinski definition) is 0. The number of hydrogen-bond acceptors (Lipinski definition) is 4. The molecule has 0 aliphatic rings. The van der Waals surface area contributed by atoms with Gasteiger partial charge in [-0.15, -0.1) is 0 Å². The maximum absolute atomic E-state index is 10.4. The van der Waals surface area contributed by atoms with Gasteiger partial charge in [-0.25, -0.2) is 4.98 Å². The molecule has 1 aromatic heterocycles. The molecule has 0 fully saturated rings. The highest BCUT2D eigenvalue weighted by Gasteiger charge is 2.01. The van der Waals surface area contributed by atoms with Crippen molar-refractivity contribution in [3.8, 4) is 5.06 Å². The van der Waals surface area contributed by atoms with Crippen LogP contribution in [-0.4, -0.2) is 11.0 Å². The third-order valence-electron chi connectivity index (χ3n) is 0.701. The molecule has 0 atom stereocenters. The van der Waals surface area contributed by atoms with E-state index in [4.69, 9.17) is 4.74 Å². The predicted octanol–water partition coefficient (Wildman–Crippen LogP) is 1.83. The van der Waals surface area contributed by atoms with Gasteiger partial charge in [0.25, 0.3) is 0 Å². The molecular formula is C5H4BrNO2S. The summed E-state index contributed by atoms with van der Waals surface area (Å²) in [5, 5.41) is 0.513. The zero-order valence-corrected chi connectivity index (χ0v) is 7.53. The number of ether oxygens (including phenoxy) is 1. The van der Waals surface area contributed by atoms with Crippen LogP contribution in [-0.2, 0) is 4.79 Å². The first-order chi connectivity index (χ1) is 4.68. The molecule has 10 heavy (non-hydrogen) atoms. The number of thiazole rings is 1. The third kappa shape index (κ3) is 2.07. The van der Waals surface area contributed by atoms with Gasteiger partial charge >= 0.3 is 5.97 Å². The summed E-state index contributed by atoms with van der Waals surface area (Å²) < 4.78 is 5.43. The number of nitrogens with zero attached hydrogens (tertiary/aromatic N) is 1. The molecule has 0 aliphatic heterocycles. The fraction of sp³-hybridized carbons (Fsp3) is 0.200. The highest BCUT2D eigenvalue weighted by molar-refractivity contribution is 9.11. The van der Waals surface area contributed by atoms with Gasteiger partial charge in [-0.1, -0.05) is 11.3 Å². The van der Waals surface area contributed by atoms with Gasteiger partial charge in [0, 0.05) is 6.92 Å². The largest absolute Gasteiger partial charge is 0.414 e. The van der Waals surface area contributed by atoms with Crippen molar-refractivity contribution in [2.75, 3.05) is 0 Å². The van der Waals surface area contributed by atoms with Crippen LogP contribution in [0, 0.1) is 0 Å². The molecule has 0 aliphatic carbocycles. The summed E-state index contributed by atoms with van der Waals surface area (Å²) in [4.78, 5) is 14.2. The van der Waals surface area contributed by atoms with Crippen molar-refractivity contribution in [1.82, 2.24) is 4.98 Å². The van der Waals surface area contributed by atoms with Gasteiger partial charge < -0.3 is 4.74 Å². The summed E-state index contributed by atoms with van der Waals surface area (Å²) in [5.74, 6) is -0.323. The summed E-state index contributed by atoms with van der Waals surface area (Å²) in [7, 11) is 0. The SMILES string of the molecule is CC(=O)Oc1cnc(Br)s1. The van der Waals surface area contributed by atoms with E-state index in [0.717, 1.165) is 0 Å². The van der Waals surface area contributed by atoms with Crippen molar-refractivity contribution in [3.05, 3.63) is 10.1 Å². The molecule has 0 amide bonds. The van der Waals surface area contributed by atoms with Crippen LogP contribution in [0.3, 0.4) is 0 Å². The van der Waals surface area contributed by atoms with Crippen molar-refractivity contribution in [2.24, 2.45) is 0 Å². The Hall–Kier alpha value is -0.420. The maximum Gasteiger partial charge on any atom is 0.308 e. The van der Waals surface area contributed by atoms with E-state index < -0.39 is 0 Å². The number of esters is 1. The molecule has 1 aromatic rings. The lowest BCUT2D eigenvalue weighted by molar-refractivity contribution is -0.131. The standard InChI is InChI=1S/C5H4BrNO2S/c1-3(8)9-4-2-7-5(6)10-4/h2H,1H3. The minimum absolute atomic E-state index is 0.323. The zero-order valence-electron chi connectivity index (χ0n) is 5.13. The fourth-order valence-corrected chi connectivity index (χ4v) is 1.54. The van der Waals surface area contributed by atoms with Crippen LogP contribution in [0.25, 0.3) is 0 Å². The van der Waals surface area contributed by atoms with Gasteiger partial charge in [0.1, 0.15) is 0 Å². The molecule has 0 unspecified atom stereocenters. The molecule has 0 spiro atoms. The van der Waals surface area contributed by atoms with Crippen LogP contribution in [0.15, 0.2) is 10.1 Å². The van der Waals surface area contributed by atoms with Crippen molar-refractivity contribution >= 4 is 33.2 Å². The van der Waals surface area contributed by atoms with Gasteiger partial charge in [-0.3, -0.25) is 4.79 Å². The Bertz CT molecular complexity index is 248. The zero-order chi connectivity index (χ0) is 7.56. The van der Waals surface area contributed by atoms with E-state index in [1.54, 1.807) is 0 Å². The molecule has 54 valence electrons. The Balaban J connectivity index is 2.67. The predicted molar refractivity (Wildman–Crippen MR) is 41.1 cm³/mol. The summed E-state index contributed by atoms with van der Waals surface area (Å²) in [6.45, 7) is 1.35. The van der Waals surface area contributed by atoms with Crippen molar-refractivity contribution < 1.29 is 9.53 Å². The molecule has 0 radical (unpaired) electrons. The summed E-state index contributed by atoms with van der Waals surface area (Å²) in [6, 6.07) is 0. The first kappa shape index (κ1) is 7.68. The molecule has 1 rings (SSSR count). The molecule has 0 aromatic carbocycles. The van der Waals surface area contributed by atoms with Gasteiger partial charge in [0.2, 0.25) is 5.06 Å². The van der Waals surface area contributed by atoms with Crippen LogP contribution in [0.2, 0.25) is 0 Å². The molecule has 5 heteroatoms. The minimum atomic E-state index is -0.323. The molecule has 0 saturated carbocycles. The van der Waals surface area contributed by atoms with Gasteiger partial charge in [0.15, 0.2) is 3.92 Å². The molecule has 0 bridgehead atoms. The van der Waals surface area contributed by atoms with E-state index in [1.165, 1.54) is 24.5 Å². The topological polar surface area (TPSA) is 39.2 Å². The van der Waals surface area contributed by atoms with E-state index in [-0.39, 0.29) is 5.97 Å². The van der Waals surface area contributed by atoms with E-state index in [9.17, 15) is 4.79 Å². The number of aromatic nitrogens is 1. The second-order valence-corrected chi connectivity index (χ2v) is 3.80. The van der Waals surface area contributed by atoms with E-state index in [2.05, 4.69) is 20.9 Å². The summed E-state index contributed by atoms with van der Waals surface area (Å²) >= 11 is 4.42. The van der Waals surface area contributed by atoms with Crippen molar-refractivity contribution in [3.63, 3.8) is 0 Å². The van der Waals surface area contributed by atoms with Gasteiger partial charge in [-0.2, -0.15) is 0 Å². The molecule has 0 saturated heterocycles. The maximum atomic E-state index is 10.4.